The summed E-state index contributed by atoms with van der Waals surface area (Å²) < 4.78 is 5.73. The fourth-order valence-corrected chi connectivity index (χ4v) is 5.91. The number of fused-ring (bicyclic) bond motifs is 4. The molecule has 1 N–H and O–H groups in total. The van der Waals surface area contributed by atoms with Gasteiger partial charge in [0, 0.05) is 50.5 Å². The third kappa shape index (κ3) is 3.70. The van der Waals surface area contributed by atoms with Crippen LogP contribution >= 0.6 is 0 Å². The zero-order valence-corrected chi connectivity index (χ0v) is 18.4. The second-order valence-electron chi connectivity index (χ2n) is 9.75. The predicted octanol–water partition coefficient (Wildman–Crippen LogP) is 2.08. The van der Waals surface area contributed by atoms with Gasteiger partial charge in [0.05, 0.1) is 24.9 Å². The summed E-state index contributed by atoms with van der Waals surface area (Å²) in [5.41, 5.74) is 5.90. The average molecular weight is 434 g/mol. The van der Waals surface area contributed by atoms with E-state index in [1.54, 1.807) is 0 Å². The van der Waals surface area contributed by atoms with E-state index in [9.17, 15) is 9.90 Å². The van der Waals surface area contributed by atoms with E-state index in [-0.39, 0.29) is 5.91 Å². The normalized spacial score (nSPS) is 25.7. The maximum atomic E-state index is 13.1. The summed E-state index contributed by atoms with van der Waals surface area (Å²) in [4.78, 5) is 19.7. The zero-order chi connectivity index (χ0) is 21.7. The molecule has 2 aromatic carbocycles. The molecule has 168 valence electrons. The molecule has 0 saturated carbocycles. The van der Waals surface area contributed by atoms with Crippen LogP contribution in [0.15, 0.2) is 42.5 Å². The van der Waals surface area contributed by atoms with Crippen molar-refractivity contribution in [1.82, 2.24) is 9.80 Å². The molecular formula is C26H31N3O3. The number of carbonyl (C=O) groups excluding carboxylic acids is 1. The Morgan fingerprint density at radius 2 is 1.88 bits per heavy atom. The zero-order valence-electron chi connectivity index (χ0n) is 18.4. The lowest BCUT2D eigenvalue weighted by atomic mass is 9.97. The standard InChI is InChI=1S/C26H31N3O3/c30-23(14-27-9-7-18-3-1-2-4-20(18)13-27)15-28-10-8-19-11-21(5-6-25(19)26(28)31)29-16-24-12-22(29)17-32-24/h1-6,11,22-24,30H,7-10,12-17H2/t22?,23-,24?/m1/s1. The number of hydrogen-bond acceptors (Lipinski definition) is 5. The average Bonchev–Trinajstić information content (AvgIpc) is 3.45. The molecule has 3 atom stereocenters. The number of β-amino-alcohol motifs (C(OH)–C–C–N with tert-alkyl or cyclic N) is 1. The van der Waals surface area contributed by atoms with Crippen molar-refractivity contribution in [2.75, 3.05) is 44.2 Å². The number of rotatable bonds is 5. The maximum absolute atomic E-state index is 13.1. The molecule has 0 aliphatic carbocycles. The number of benzene rings is 2. The van der Waals surface area contributed by atoms with Gasteiger partial charge in [0.25, 0.3) is 5.91 Å². The van der Waals surface area contributed by atoms with Crippen LogP contribution in [0.1, 0.15) is 33.5 Å². The quantitative estimate of drug-likeness (QED) is 0.783. The summed E-state index contributed by atoms with van der Waals surface area (Å²) in [5, 5.41) is 10.8. The molecule has 2 unspecified atom stereocenters. The van der Waals surface area contributed by atoms with Gasteiger partial charge in [-0.25, -0.2) is 0 Å². The fraction of sp³-hybridized carbons (Fsp3) is 0.500. The summed E-state index contributed by atoms with van der Waals surface area (Å²) in [6.45, 7) is 5.26. The van der Waals surface area contributed by atoms with E-state index < -0.39 is 6.10 Å². The number of amides is 1. The van der Waals surface area contributed by atoms with Gasteiger partial charge in [-0.05, 0) is 54.2 Å². The van der Waals surface area contributed by atoms with E-state index in [1.807, 2.05) is 11.0 Å². The Morgan fingerprint density at radius 1 is 1.03 bits per heavy atom. The van der Waals surface area contributed by atoms with Gasteiger partial charge >= 0.3 is 0 Å². The van der Waals surface area contributed by atoms with Crippen LogP contribution in [-0.2, 0) is 24.1 Å². The first-order valence-corrected chi connectivity index (χ1v) is 11.9. The maximum Gasteiger partial charge on any atom is 0.254 e. The molecule has 2 bridgehead atoms. The number of anilines is 1. The molecule has 0 radical (unpaired) electrons. The monoisotopic (exact) mass is 433 g/mol. The number of aliphatic hydroxyl groups is 1. The lowest BCUT2D eigenvalue weighted by Gasteiger charge is -2.34. The minimum Gasteiger partial charge on any atom is -0.390 e. The number of ether oxygens (including phenoxy) is 1. The van der Waals surface area contributed by atoms with Crippen molar-refractivity contribution in [3.05, 3.63) is 64.7 Å². The van der Waals surface area contributed by atoms with Crippen molar-refractivity contribution in [3.8, 4) is 0 Å². The van der Waals surface area contributed by atoms with E-state index in [1.165, 1.54) is 16.8 Å². The topological polar surface area (TPSA) is 56.3 Å². The summed E-state index contributed by atoms with van der Waals surface area (Å²) in [5.74, 6) is 0.0483. The summed E-state index contributed by atoms with van der Waals surface area (Å²) in [6.07, 6.45) is 2.81. The van der Waals surface area contributed by atoms with E-state index in [2.05, 4.69) is 46.2 Å². The first-order chi connectivity index (χ1) is 15.6. The number of carbonyl (C=O) groups is 1. The van der Waals surface area contributed by atoms with Gasteiger partial charge in [-0.3, -0.25) is 9.69 Å². The van der Waals surface area contributed by atoms with Crippen LogP contribution in [0.3, 0.4) is 0 Å². The van der Waals surface area contributed by atoms with Gasteiger partial charge in [-0.15, -0.1) is 0 Å². The molecule has 6 nitrogen and oxygen atoms in total. The lowest BCUT2D eigenvalue weighted by Crippen LogP contribution is -2.46. The first-order valence-electron chi connectivity index (χ1n) is 11.9. The highest BCUT2D eigenvalue weighted by molar-refractivity contribution is 5.97. The summed E-state index contributed by atoms with van der Waals surface area (Å²) in [6, 6.07) is 15.3. The van der Waals surface area contributed by atoms with Gasteiger partial charge in [0.15, 0.2) is 0 Å². The van der Waals surface area contributed by atoms with E-state index in [4.69, 9.17) is 4.74 Å². The van der Waals surface area contributed by atoms with Crippen LogP contribution in [0.4, 0.5) is 5.69 Å². The van der Waals surface area contributed by atoms with Crippen LogP contribution in [0.5, 0.6) is 0 Å². The lowest BCUT2D eigenvalue weighted by molar-refractivity contribution is 0.0493. The van der Waals surface area contributed by atoms with Crippen molar-refractivity contribution < 1.29 is 14.6 Å². The molecule has 0 aromatic heterocycles. The Labute approximate surface area is 189 Å². The SMILES string of the molecule is O=C1c2ccc(N3CC4CC3CO4)cc2CCN1C[C@H](O)CN1CCc2ccccc2C1. The largest absolute Gasteiger partial charge is 0.390 e. The van der Waals surface area contributed by atoms with E-state index in [0.29, 0.717) is 31.8 Å². The molecule has 2 saturated heterocycles. The van der Waals surface area contributed by atoms with Crippen molar-refractivity contribution in [2.24, 2.45) is 0 Å². The Balaban J connectivity index is 1.08. The second kappa shape index (κ2) is 8.18. The minimum atomic E-state index is -0.537. The molecule has 32 heavy (non-hydrogen) atoms. The van der Waals surface area contributed by atoms with Crippen LogP contribution in [-0.4, -0.2) is 78.4 Å². The fourth-order valence-electron chi connectivity index (χ4n) is 5.91. The van der Waals surface area contributed by atoms with Crippen molar-refractivity contribution in [2.45, 2.75) is 44.1 Å². The molecule has 1 amide bonds. The summed E-state index contributed by atoms with van der Waals surface area (Å²) >= 11 is 0. The highest BCUT2D eigenvalue weighted by Crippen LogP contribution is 2.34. The highest BCUT2D eigenvalue weighted by atomic mass is 16.5. The summed E-state index contributed by atoms with van der Waals surface area (Å²) in [7, 11) is 0. The van der Waals surface area contributed by atoms with Crippen molar-refractivity contribution in [1.29, 1.82) is 0 Å². The Kier molecular flexibility index (Phi) is 5.17. The van der Waals surface area contributed by atoms with Crippen molar-refractivity contribution in [3.63, 3.8) is 0 Å². The molecule has 2 aromatic rings. The number of morpholine rings is 1. The third-order valence-corrected chi connectivity index (χ3v) is 7.60. The Bertz CT molecular complexity index is 1030. The molecule has 6 rings (SSSR count). The molecule has 4 heterocycles. The van der Waals surface area contributed by atoms with Crippen LogP contribution in [0.25, 0.3) is 0 Å². The van der Waals surface area contributed by atoms with Crippen molar-refractivity contribution >= 4 is 11.6 Å². The Hall–Kier alpha value is -2.41. The Morgan fingerprint density at radius 3 is 2.69 bits per heavy atom. The second-order valence-corrected chi connectivity index (χ2v) is 9.75. The molecule has 4 aliphatic heterocycles. The molecule has 2 fully saturated rings. The molecular weight excluding hydrogens is 402 g/mol. The molecule has 6 heteroatoms. The van der Waals surface area contributed by atoms with Gasteiger partial charge in [0.2, 0.25) is 0 Å². The van der Waals surface area contributed by atoms with Crippen LogP contribution < -0.4 is 4.90 Å². The first kappa shape index (κ1) is 20.2. The van der Waals surface area contributed by atoms with Crippen LogP contribution in [0.2, 0.25) is 0 Å². The number of hydrogen-bond donors (Lipinski definition) is 1. The van der Waals surface area contributed by atoms with Crippen LogP contribution in [0, 0.1) is 0 Å². The minimum absolute atomic E-state index is 0.0483. The van der Waals surface area contributed by atoms with Gasteiger partial charge in [-0.1, -0.05) is 24.3 Å². The van der Waals surface area contributed by atoms with E-state index in [0.717, 1.165) is 56.6 Å². The van der Waals surface area contributed by atoms with Gasteiger partial charge < -0.3 is 19.6 Å². The van der Waals surface area contributed by atoms with Gasteiger partial charge in [0.1, 0.15) is 0 Å². The molecule has 4 aliphatic rings. The number of nitrogens with zero attached hydrogens (tertiary/aromatic N) is 3. The number of aliphatic hydroxyl groups excluding tert-OH is 1. The van der Waals surface area contributed by atoms with Gasteiger partial charge in [-0.2, -0.15) is 0 Å². The third-order valence-electron chi connectivity index (χ3n) is 7.60. The molecule has 0 spiro atoms. The smallest absolute Gasteiger partial charge is 0.254 e. The predicted molar refractivity (Wildman–Crippen MR) is 123 cm³/mol. The van der Waals surface area contributed by atoms with E-state index >= 15 is 0 Å². The highest BCUT2D eigenvalue weighted by Gasteiger charge is 2.39.